The van der Waals surface area contributed by atoms with E-state index < -0.39 is 12.1 Å². The average molecular weight is 258 g/mol. The summed E-state index contributed by atoms with van der Waals surface area (Å²) in [6.07, 6.45) is -0.483. The van der Waals surface area contributed by atoms with E-state index in [1.807, 2.05) is 13.0 Å². The molecule has 0 fully saturated rings. The van der Waals surface area contributed by atoms with Crippen molar-refractivity contribution in [2.24, 2.45) is 0 Å². The van der Waals surface area contributed by atoms with Crippen molar-refractivity contribution in [3.05, 3.63) is 71.0 Å². The molecule has 0 aliphatic rings. The molecule has 0 saturated heterocycles. The minimum Gasteiger partial charge on any atom is -0.454 e. The third kappa shape index (κ3) is 3.19. The molecule has 2 aromatic rings. The van der Waals surface area contributed by atoms with Crippen LogP contribution >= 0.6 is 0 Å². The van der Waals surface area contributed by atoms with Gasteiger partial charge in [0.2, 0.25) is 0 Å². The second-order valence-corrected chi connectivity index (χ2v) is 4.41. The predicted molar refractivity (Wildman–Crippen MR) is 71.4 cm³/mol. The zero-order valence-electron chi connectivity index (χ0n) is 10.9. The molecule has 0 aliphatic heterocycles. The Morgan fingerprint density at radius 2 is 1.84 bits per heavy atom. The first-order chi connectivity index (χ1) is 9.08. The number of aryl methyl sites for hydroxylation is 1. The Balaban J connectivity index is 2.15. The van der Waals surface area contributed by atoms with Gasteiger partial charge in [0.25, 0.3) is 0 Å². The summed E-state index contributed by atoms with van der Waals surface area (Å²) in [5, 5.41) is 0. The minimum absolute atomic E-state index is 0.330. The van der Waals surface area contributed by atoms with E-state index >= 15 is 0 Å². The molecule has 3 heteroatoms. The lowest BCUT2D eigenvalue weighted by Gasteiger charge is -2.16. The lowest BCUT2D eigenvalue weighted by atomic mass is 10.0. The topological polar surface area (TPSA) is 26.3 Å². The van der Waals surface area contributed by atoms with Gasteiger partial charge in [-0.05, 0) is 49.2 Å². The minimum atomic E-state index is -0.483. The van der Waals surface area contributed by atoms with Crippen LogP contribution in [-0.2, 0) is 4.74 Å². The highest BCUT2D eigenvalue weighted by molar-refractivity contribution is 5.89. The van der Waals surface area contributed by atoms with Crippen LogP contribution in [0.25, 0.3) is 0 Å². The van der Waals surface area contributed by atoms with Gasteiger partial charge in [-0.1, -0.05) is 24.3 Å². The summed E-state index contributed by atoms with van der Waals surface area (Å²) in [5.41, 5.74) is 2.07. The molecular weight excluding hydrogens is 243 g/mol. The molecule has 0 heterocycles. The molecule has 2 rings (SSSR count). The quantitative estimate of drug-likeness (QED) is 0.776. The molecule has 0 aliphatic carbocycles. The molecule has 0 N–H and O–H groups in total. The van der Waals surface area contributed by atoms with E-state index in [-0.39, 0.29) is 5.82 Å². The molecule has 0 saturated carbocycles. The van der Waals surface area contributed by atoms with Crippen LogP contribution in [0.1, 0.15) is 34.5 Å². The van der Waals surface area contributed by atoms with Crippen molar-refractivity contribution in [1.29, 1.82) is 0 Å². The Hall–Kier alpha value is -2.16. The summed E-state index contributed by atoms with van der Waals surface area (Å²) in [7, 11) is 0. The van der Waals surface area contributed by atoms with Crippen LogP contribution in [0, 0.1) is 12.7 Å². The molecule has 0 aromatic heterocycles. The van der Waals surface area contributed by atoms with Crippen LogP contribution < -0.4 is 0 Å². The summed E-state index contributed by atoms with van der Waals surface area (Å²) < 4.78 is 18.6. The largest absolute Gasteiger partial charge is 0.454 e. The number of rotatable bonds is 3. The van der Waals surface area contributed by atoms with Crippen molar-refractivity contribution in [2.75, 3.05) is 0 Å². The maximum Gasteiger partial charge on any atom is 0.338 e. The molecular formula is C16H15FO2. The molecule has 1 atom stereocenters. The first kappa shape index (κ1) is 13.3. The number of hydrogen-bond acceptors (Lipinski definition) is 2. The van der Waals surface area contributed by atoms with Crippen molar-refractivity contribution in [3.8, 4) is 0 Å². The van der Waals surface area contributed by atoms with Crippen LogP contribution in [0.15, 0.2) is 48.5 Å². The average Bonchev–Trinajstić information content (AvgIpc) is 2.42. The third-order valence-corrected chi connectivity index (χ3v) is 2.97. The molecule has 19 heavy (non-hydrogen) atoms. The van der Waals surface area contributed by atoms with Crippen LogP contribution in [0.5, 0.6) is 0 Å². The van der Waals surface area contributed by atoms with Crippen LogP contribution in [-0.4, -0.2) is 5.97 Å². The summed E-state index contributed by atoms with van der Waals surface area (Å²) in [5.74, 6) is -0.736. The van der Waals surface area contributed by atoms with E-state index in [4.69, 9.17) is 4.74 Å². The summed E-state index contributed by atoms with van der Waals surface area (Å²) in [4.78, 5) is 11.9. The second kappa shape index (κ2) is 5.65. The fourth-order valence-corrected chi connectivity index (χ4v) is 1.92. The number of carbonyl (C=O) groups is 1. The normalized spacial score (nSPS) is 11.9. The zero-order valence-corrected chi connectivity index (χ0v) is 10.9. The summed E-state index contributed by atoms with van der Waals surface area (Å²) >= 11 is 0. The van der Waals surface area contributed by atoms with Gasteiger partial charge in [0.1, 0.15) is 11.9 Å². The fourth-order valence-electron chi connectivity index (χ4n) is 1.92. The Bertz CT molecular complexity index is 579. The first-order valence-corrected chi connectivity index (χ1v) is 6.10. The van der Waals surface area contributed by atoms with Gasteiger partial charge >= 0.3 is 5.97 Å². The molecule has 0 radical (unpaired) electrons. The van der Waals surface area contributed by atoms with Gasteiger partial charge < -0.3 is 4.74 Å². The number of hydrogen-bond donors (Lipinski definition) is 0. The van der Waals surface area contributed by atoms with Crippen LogP contribution in [0.3, 0.4) is 0 Å². The van der Waals surface area contributed by atoms with Crippen molar-refractivity contribution < 1.29 is 13.9 Å². The van der Waals surface area contributed by atoms with Crippen molar-refractivity contribution >= 4 is 5.97 Å². The number of ether oxygens (including phenoxy) is 1. The standard InChI is InChI=1S/C16H15FO2/c1-11-8-9-14(17)10-15(11)12(2)19-16(18)13-6-4-3-5-7-13/h3-10,12H,1-2H3/t12-/m1/s1. The van der Waals surface area contributed by atoms with Gasteiger partial charge in [0.15, 0.2) is 0 Å². The van der Waals surface area contributed by atoms with Crippen LogP contribution in [0.4, 0.5) is 4.39 Å². The van der Waals surface area contributed by atoms with Crippen LogP contribution in [0.2, 0.25) is 0 Å². The molecule has 0 unspecified atom stereocenters. The Kier molecular flexibility index (Phi) is 3.95. The smallest absolute Gasteiger partial charge is 0.338 e. The van der Waals surface area contributed by atoms with E-state index in [2.05, 4.69) is 0 Å². The van der Waals surface area contributed by atoms with Gasteiger partial charge in [0, 0.05) is 0 Å². The second-order valence-electron chi connectivity index (χ2n) is 4.41. The van der Waals surface area contributed by atoms with E-state index in [1.165, 1.54) is 12.1 Å². The highest BCUT2D eigenvalue weighted by atomic mass is 19.1. The third-order valence-electron chi connectivity index (χ3n) is 2.97. The molecule has 0 bridgehead atoms. The fraction of sp³-hybridized carbons (Fsp3) is 0.188. The molecule has 0 amide bonds. The number of carbonyl (C=O) groups excluding carboxylic acids is 1. The van der Waals surface area contributed by atoms with E-state index in [1.54, 1.807) is 37.3 Å². The maximum atomic E-state index is 13.2. The predicted octanol–water partition coefficient (Wildman–Crippen LogP) is 4.05. The summed E-state index contributed by atoms with van der Waals surface area (Å²) in [6.45, 7) is 3.60. The van der Waals surface area contributed by atoms with Gasteiger partial charge in [-0.3, -0.25) is 0 Å². The lowest BCUT2D eigenvalue weighted by Crippen LogP contribution is -2.10. The Labute approximate surface area is 111 Å². The van der Waals surface area contributed by atoms with E-state index in [0.29, 0.717) is 11.1 Å². The zero-order chi connectivity index (χ0) is 13.8. The Morgan fingerprint density at radius 3 is 2.53 bits per heavy atom. The molecule has 0 spiro atoms. The highest BCUT2D eigenvalue weighted by Crippen LogP contribution is 2.23. The van der Waals surface area contributed by atoms with E-state index in [0.717, 1.165) is 5.56 Å². The number of esters is 1. The first-order valence-electron chi connectivity index (χ1n) is 6.10. The van der Waals surface area contributed by atoms with E-state index in [9.17, 15) is 9.18 Å². The maximum absolute atomic E-state index is 13.2. The highest BCUT2D eigenvalue weighted by Gasteiger charge is 2.15. The molecule has 98 valence electrons. The van der Waals surface area contributed by atoms with Gasteiger partial charge in [-0.25, -0.2) is 9.18 Å². The van der Waals surface area contributed by atoms with Gasteiger partial charge in [-0.15, -0.1) is 0 Å². The van der Waals surface area contributed by atoms with Crippen molar-refractivity contribution in [2.45, 2.75) is 20.0 Å². The van der Waals surface area contributed by atoms with Crippen molar-refractivity contribution in [3.63, 3.8) is 0 Å². The van der Waals surface area contributed by atoms with Gasteiger partial charge in [-0.2, -0.15) is 0 Å². The Morgan fingerprint density at radius 1 is 1.16 bits per heavy atom. The summed E-state index contributed by atoms with van der Waals surface area (Å²) in [6, 6.07) is 13.2. The van der Waals surface area contributed by atoms with Crippen molar-refractivity contribution in [1.82, 2.24) is 0 Å². The molecule has 2 nitrogen and oxygen atoms in total. The SMILES string of the molecule is Cc1ccc(F)cc1[C@@H](C)OC(=O)c1ccccc1. The molecule has 2 aromatic carbocycles. The lowest BCUT2D eigenvalue weighted by molar-refractivity contribution is 0.0336. The van der Waals surface area contributed by atoms with Gasteiger partial charge in [0.05, 0.1) is 5.56 Å². The number of benzene rings is 2. The number of halogens is 1. The monoisotopic (exact) mass is 258 g/mol.